The molecule has 1 aromatic carbocycles. The number of amides is 1. The van der Waals surface area contributed by atoms with E-state index in [0.29, 0.717) is 24.8 Å². The van der Waals surface area contributed by atoms with Gasteiger partial charge in [-0.15, -0.1) is 0 Å². The summed E-state index contributed by atoms with van der Waals surface area (Å²) in [6.07, 6.45) is 7.14. The van der Waals surface area contributed by atoms with Gasteiger partial charge in [-0.05, 0) is 30.5 Å². The van der Waals surface area contributed by atoms with Crippen LogP contribution in [0, 0.1) is 0 Å². The van der Waals surface area contributed by atoms with E-state index >= 15 is 0 Å². The van der Waals surface area contributed by atoms with Crippen LogP contribution in [0.1, 0.15) is 37.7 Å². The number of rotatable bonds is 5. The molecular formula is C16H23N3O2. The van der Waals surface area contributed by atoms with Crippen molar-refractivity contribution in [1.82, 2.24) is 0 Å². The summed E-state index contributed by atoms with van der Waals surface area (Å²) < 4.78 is 5.88. The Morgan fingerprint density at radius 1 is 1.29 bits per heavy atom. The topological polar surface area (TPSA) is 76.4 Å². The van der Waals surface area contributed by atoms with E-state index in [-0.39, 0.29) is 5.91 Å². The fourth-order valence-corrected chi connectivity index (χ4v) is 3.09. The smallest absolute Gasteiger partial charge is 0.228 e. The van der Waals surface area contributed by atoms with Crippen molar-refractivity contribution in [1.29, 1.82) is 0 Å². The quantitative estimate of drug-likeness (QED) is 0.575. The van der Waals surface area contributed by atoms with Crippen molar-refractivity contribution in [2.45, 2.75) is 44.6 Å². The first kappa shape index (κ1) is 14.2. The number of benzene rings is 1. The van der Waals surface area contributed by atoms with Crippen LogP contribution in [0.5, 0.6) is 0 Å². The highest BCUT2D eigenvalue weighted by Crippen LogP contribution is 2.31. The molecule has 4 N–H and O–H groups in total. The minimum atomic E-state index is 0.0298. The summed E-state index contributed by atoms with van der Waals surface area (Å²) in [4.78, 5) is 11.4. The highest BCUT2D eigenvalue weighted by Gasteiger charge is 2.19. The highest BCUT2D eigenvalue weighted by molar-refractivity contribution is 6.00. The predicted molar refractivity (Wildman–Crippen MR) is 84.5 cm³/mol. The molecule has 3 rings (SSSR count). The fraction of sp³-hybridized carbons (Fsp3) is 0.562. The third-order valence-corrected chi connectivity index (χ3v) is 4.22. The molecule has 1 aromatic rings. The average molecular weight is 289 g/mol. The van der Waals surface area contributed by atoms with Gasteiger partial charge in [-0.3, -0.25) is 4.79 Å². The first-order valence-electron chi connectivity index (χ1n) is 7.80. The van der Waals surface area contributed by atoms with Gasteiger partial charge in [0.25, 0.3) is 0 Å². The second kappa shape index (κ2) is 6.35. The molecule has 5 heteroatoms. The predicted octanol–water partition coefficient (Wildman–Crippen LogP) is 2.52. The molecule has 0 aromatic heterocycles. The fourth-order valence-electron chi connectivity index (χ4n) is 3.09. The van der Waals surface area contributed by atoms with E-state index in [1.165, 1.54) is 32.1 Å². The molecule has 0 bridgehead atoms. The molecule has 0 spiro atoms. The van der Waals surface area contributed by atoms with Gasteiger partial charge in [0.05, 0.1) is 30.5 Å². The van der Waals surface area contributed by atoms with Gasteiger partial charge in [-0.25, -0.2) is 0 Å². The Labute approximate surface area is 125 Å². The molecule has 0 unspecified atom stereocenters. The number of carbonyl (C=O) groups excluding carboxylic acids is 1. The van der Waals surface area contributed by atoms with E-state index in [9.17, 15) is 4.79 Å². The van der Waals surface area contributed by atoms with Crippen molar-refractivity contribution in [3.63, 3.8) is 0 Å². The maximum atomic E-state index is 11.4. The zero-order valence-electron chi connectivity index (χ0n) is 12.3. The summed E-state index contributed by atoms with van der Waals surface area (Å²) in [5, 5.41) is 6.14. The van der Waals surface area contributed by atoms with Crippen LogP contribution in [0.25, 0.3) is 0 Å². The molecule has 1 heterocycles. The lowest BCUT2D eigenvalue weighted by Crippen LogP contribution is -2.20. The van der Waals surface area contributed by atoms with E-state index in [1.54, 1.807) is 0 Å². The van der Waals surface area contributed by atoms with Crippen LogP contribution in [0.3, 0.4) is 0 Å². The normalized spacial score (nSPS) is 18.4. The monoisotopic (exact) mass is 289 g/mol. The highest BCUT2D eigenvalue weighted by atomic mass is 16.5. The molecule has 1 amide bonds. The van der Waals surface area contributed by atoms with Gasteiger partial charge in [0.15, 0.2) is 0 Å². The number of anilines is 3. The Morgan fingerprint density at radius 2 is 2.10 bits per heavy atom. The lowest BCUT2D eigenvalue weighted by atomic mass is 9.98. The first-order chi connectivity index (χ1) is 10.2. The Morgan fingerprint density at radius 3 is 2.90 bits per heavy atom. The molecule has 1 fully saturated rings. The standard InChI is InChI=1S/C16H23N3O2/c17-13-8-11-9-16(20)19-14(11)10-15(13)18-6-7-21-12-4-2-1-3-5-12/h8,10,12,18H,1-7,9,17H2,(H,19,20). The summed E-state index contributed by atoms with van der Waals surface area (Å²) in [6, 6.07) is 3.79. The summed E-state index contributed by atoms with van der Waals surface area (Å²) in [7, 11) is 0. The SMILES string of the molecule is Nc1cc2c(cc1NCCOC1CCCCC1)NC(=O)C2. The van der Waals surface area contributed by atoms with Crippen molar-refractivity contribution >= 4 is 23.0 Å². The van der Waals surface area contributed by atoms with Crippen molar-refractivity contribution in [3.05, 3.63) is 17.7 Å². The zero-order valence-corrected chi connectivity index (χ0v) is 12.3. The van der Waals surface area contributed by atoms with Gasteiger partial charge in [-0.2, -0.15) is 0 Å². The Hall–Kier alpha value is -1.75. The Bertz CT molecular complexity index is 524. The summed E-state index contributed by atoms with van der Waals surface area (Å²) in [5.74, 6) is 0.0298. The van der Waals surface area contributed by atoms with Crippen molar-refractivity contribution in [2.75, 3.05) is 29.5 Å². The molecule has 0 radical (unpaired) electrons. The van der Waals surface area contributed by atoms with E-state index < -0.39 is 0 Å². The average Bonchev–Trinajstić information content (AvgIpc) is 2.83. The second-order valence-corrected chi connectivity index (χ2v) is 5.88. The van der Waals surface area contributed by atoms with E-state index in [1.807, 2.05) is 12.1 Å². The minimum absolute atomic E-state index is 0.0298. The molecule has 114 valence electrons. The van der Waals surface area contributed by atoms with Crippen LogP contribution in [0.15, 0.2) is 12.1 Å². The van der Waals surface area contributed by atoms with Crippen molar-refractivity contribution in [3.8, 4) is 0 Å². The largest absolute Gasteiger partial charge is 0.397 e. The van der Waals surface area contributed by atoms with Crippen LogP contribution < -0.4 is 16.4 Å². The number of ether oxygens (including phenoxy) is 1. The first-order valence-corrected chi connectivity index (χ1v) is 7.80. The molecule has 1 saturated carbocycles. The van der Waals surface area contributed by atoms with E-state index in [2.05, 4.69) is 10.6 Å². The van der Waals surface area contributed by atoms with E-state index in [4.69, 9.17) is 10.5 Å². The maximum Gasteiger partial charge on any atom is 0.228 e. The number of hydrogen-bond donors (Lipinski definition) is 3. The lowest BCUT2D eigenvalue weighted by molar-refractivity contribution is -0.115. The molecular weight excluding hydrogens is 266 g/mol. The Balaban J connectivity index is 1.49. The van der Waals surface area contributed by atoms with E-state index in [0.717, 1.165) is 23.5 Å². The Kier molecular flexibility index (Phi) is 4.29. The van der Waals surface area contributed by atoms with Crippen molar-refractivity contribution in [2.24, 2.45) is 0 Å². The third kappa shape index (κ3) is 3.47. The molecule has 0 saturated heterocycles. The van der Waals surface area contributed by atoms with Crippen LogP contribution >= 0.6 is 0 Å². The summed E-state index contributed by atoms with van der Waals surface area (Å²) in [5.41, 5.74) is 9.41. The van der Waals surface area contributed by atoms with Gasteiger partial charge in [-0.1, -0.05) is 19.3 Å². The van der Waals surface area contributed by atoms with Crippen molar-refractivity contribution < 1.29 is 9.53 Å². The summed E-state index contributed by atoms with van der Waals surface area (Å²) in [6.45, 7) is 1.42. The van der Waals surface area contributed by atoms with Crippen LogP contribution in [-0.4, -0.2) is 25.2 Å². The number of carbonyl (C=O) groups is 1. The maximum absolute atomic E-state index is 11.4. The minimum Gasteiger partial charge on any atom is -0.397 e. The number of nitrogens with one attached hydrogen (secondary N) is 2. The number of fused-ring (bicyclic) bond motifs is 1. The summed E-state index contributed by atoms with van der Waals surface area (Å²) >= 11 is 0. The second-order valence-electron chi connectivity index (χ2n) is 5.88. The lowest BCUT2D eigenvalue weighted by Gasteiger charge is -2.22. The molecule has 5 nitrogen and oxygen atoms in total. The zero-order chi connectivity index (χ0) is 14.7. The number of nitrogens with two attached hydrogens (primary N) is 1. The van der Waals surface area contributed by atoms with Crippen LogP contribution in [0.2, 0.25) is 0 Å². The van der Waals surface area contributed by atoms with Crippen LogP contribution in [-0.2, 0) is 16.0 Å². The van der Waals surface area contributed by atoms with Gasteiger partial charge in [0.2, 0.25) is 5.91 Å². The van der Waals surface area contributed by atoms with Crippen LogP contribution in [0.4, 0.5) is 17.1 Å². The number of hydrogen-bond acceptors (Lipinski definition) is 4. The van der Waals surface area contributed by atoms with Gasteiger partial charge in [0, 0.05) is 12.2 Å². The van der Waals surface area contributed by atoms with Gasteiger partial charge in [0.1, 0.15) is 0 Å². The van der Waals surface area contributed by atoms with Gasteiger partial charge < -0.3 is 21.1 Å². The number of nitrogen functional groups attached to an aromatic ring is 1. The molecule has 2 aliphatic rings. The third-order valence-electron chi connectivity index (χ3n) is 4.22. The van der Waals surface area contributed by atoms with Gasteiger partial charge >= 0.3 is 0 Å². The molecule has 0 atom stereocenters. The molecule has 1 aliphatic heterocycles. The molecule has 1 aliphatic carbocycles. The molecule has 21 heavy (non-hydrogen) atoms.